The Hall–Kier alpha value is -3.32. The maximum Gasteiger partial charge on any atom is 0.274 e. The third kappa shape index (κ3) is 4.50. The van der Waals surface area contributed by atoms with Crippen LogP contribution in [0, 0.1) is 6.92 Å². The number of aryl methyl sites for hydroxylation is 1. The number of ether oxygens (including phenoxy) is 2. The molecule has 0 unspecified atom stereocenters. The highest BCUT2D eigenvalue weighted by Crippen LogP contribution is 2.29. The average Bonchev–Trinajstić information content (AvgIpc) is 2.70. The topological polar surface area (TPSA) is 85.4 Å². The number of carbonyl (C=O) groups is 1. The number of benzene rings is 2. The lowest BCUT2D eigenvalue weighted by Crippen LogP contribution is -2.15. The summed E-state index contributed by atoms with van der Waals surface area (Å²) in [5, 5.41) is 6.60. The maximum absolute atomic E-state index is 12.7. The van der Waals surface area contributed by atoms with E-state index in [0.29, 0.717) is 28.0 Å². The first-order valence-corrected chi connectivity index (χ1v) is 8.76. The smallest absolute Gasteiger partial charge is 0.274 e. The van der Waals surface area contributed by atoms with Gasteiger partial charge in [-0.2, -0.15) is 0 Å². The molecule has 1 aromatic heterocycles. The van der Waals surface area contributed by atoms with Gasteiger partial charge in [-0.3, -0.25) is 4.79 Å². The first kappa shape index (κ1) is 19.4. The molecular weight excluding hydrogens is 380 g/mol. The fourth-order valence-electron chi connectivity index (χ4n) is 2.55. The number of nitrogens with one attached hydrogen (secondary N) is 2. The number of carbonyl (C=O) groups excluding carboxylic acids is 1. The number of hydrogen-bond donors (Lipinski definition) is 2. The summed E-state index contributed by atoms with van der Waals surface area (Å²) in [6.07, 6.45) is 1.32. The Labute approximate surface area is 167 Å². The van der Waals surface area contributed by atoms with Crippen LogP contribution in [0.15, 0.2) is 48.8 Å². The van der Waals surface area contributed by atoms with Crippen molar-refractivity contribution in [2.45, 2.75) is 6.92 Å². The largest absolute Gasteiger partial charge is 0.497 e. The van der Waals surface area contributed by atoms with Crippen LogP contribution in [0.4, 0.5) is 17.2 Å². The molecule has 1 heterocycles. The summed E-state index contributed by atoms with van der Waals surface area (Å²) in [5.41, 5.74) is 2.48. The van der Waals surface area contributed by atoms with Crippen LogP contribution < -0.4 is 20.1 Å². The molecule has 0 saturated heterocycles. The molecule has 0 spiro atoms. The van der Waals surface area contributed by atoms with E-state index < -0.39 is 5.91 Å². The summed E-state index contributed by atoms with van der Waals surface area (Å²) in [6.45, 7) is 1.93. The van der Waals surface area contributed by atoms with Gasteiger partial charge in [0.2, 0.25) is 0 Å². The molecule has 0 saturated carbocycles. The Morgan fingerprint density at radius 3 is 2.54 bits per heavy atom. The summed E-state index contributed by atoms with van der Waals surface area (Å²) in [6, 6.07) is 12.2. The summed E-state index contributed by atoms with van der Waals surface area (Å²) in [5.74, 6) is 1.20. The molecule has 0 radical (unpaired) electrons. The van der Waals surface area contributed by atoms with Gasteiger partial charge in [-0.15, -0.1) is 0 Å². The van der Waals surface area contributed by atoms with Crippen LogP contribution in [0.5, 0.6) is 11.5 Å². The first-order valence-electron chi connectivity index (χ1n) is 8.38. The SMILES string of the molecule is COc1ccc(OC)c(NC(=O)c2cc(Nc3ccc(Cl)cc3C)ncn2)c1. The lowest BCUT2D eigenvalue weighted by Gasteiger charge is -2.12. The molecule has 144 valence electrons. The quantitative estimate of drug-likeness (QED) is 0.638. The molecule has 0 bridgehead atoms. The number of anilines is 3. The van der Waals surface area contributed by atoms with Crippen LogP contribution in [-0.2, 0) is 0 Å². The molecule has 0 aliphatic rings. The number of amides is 1. The molecule has 28 heavy (non-hydrogen) atoms. The minimum atomic E-state index is -0.398. The monoisotopic (exact) mass is 398 g/mol. The van der Waals surface area contributed by atoms with Crippen LogP contribution in [0.2, 0.25) is 5.02 Å². The van der Waals surface area contributed by atoms with Gasteiger partial charge in [0.05, 0.1) is 19.9 Å². The van der Waals surface area contributed by atoms with Crippen molar-refractivity contribution in [3.63, 3.8) is 0 Å². The zero-order valence-electron chi connectivity index (χ0n) is 15.6. The Bertz CT molecular complexity index is 1010. The predicted octanol–water partition coefficient (Wildman–Crippen LogP) is 4.45. The highest BCUT2D eigenvalue weighted by Gasteiger charge is 2.13. The Kier molecular flexibility index (Phi) is 5.96. The van der Waals surface area contributed by atoms with Gasteiger partial charge in [0, 0.05) is 22.8 Å². The molecular formula is C20H19ClN4O3. The normalized spacial score (nSPS) is 10.3. The maximum atomic E-state index is 12.7. The lowest BCUT2D eigenvalue weighted by molar-refractivity contribution is 0.102. The van der Waals surface area contributed by atoms with E-state index in [4.69, 9.17) is 21.1 Å². The van der Waals surface area contributed by atoms with Gasteiger partial charge in [-0.05, 0) is 42.8 Å². The van der Waals surface area contributed by atoms with E-state index in [1.165, 1.54) is 13.4 Å². The van der Waals surface area contributed by atoms with Crippen molar-refractivity contribution >= 4 is 34.7 Å². The summed E-state index contributed by atoms with van der Waals surface area (Å²) >= 11 is 5.98. The van der Waals surface area contributed by atoms with Gasteiger partial charge in [-0.25, -0.2) is 9.97 Å². The van der Waals surface area contributed by atoms with Crippen molar-refractivity contribution in [2.75, 3.05) is 24.9 Å². The Morgan fingerprint density at radius 1 is 1.00 bits per heavy atom. The standard InChI is InChI=1S/C20H19ClN4O3/c1-12-8-13(21)4-6-15(12)24-19-10-17(22-11-23-19)20(26)25-16-9-14(27-2)5-7-18(16)28-3/h4-11H,1-3H3,(H,25,26)(H,22,23,24). The van der Waals surface area contributed by atoms with Gasteiger partial charge in [0.25, 0.3) is 5.91 Å². The molecule has 3 aromatic rings. The fraction of sp³-hybridized carbons (Fsp3) is 0.150. The highest BCUT2D eigenvalue weighted by atomic mass is 35.5. The number of methoxy groups -OCH3 is 2. The molecule has 0 fully saturated rings. The van der Waals surface area contributed by atoms with Crippen LogP contribution in [0.1, 0.15) is 16.1 Å². The molecule has 2 aromatic carbocycles. The first-order chi connectivity index (χ1) is 13.5. The van der Waals surface area contributed by atoms with Gasteiger partial charge in [0.1, 0.15) is 29.3 Å². The van der Waals surface area contributed by atoms with Crippen LogP contribution in [0.25, 0.3) is 0 Å². The fourth-order valence-corrected chi connectivity index (χ4v) is 2.78. The average molecular weight is 399 g/mol. The zero-order valence-corrected chi connectivity index (χ0v) is 16.4. The van der Waals surface area contributed by atoms with E-state index in [-0.39, 0.29) is 5.69 Å². The molecule has 1 amide bonds. The van der Waals surface area contributed by atoms with E-state index >= 15 is 0 Å². The van der Waals surface area contributed by atoms with Crippen molar-refractivity contribution in [1.82, 2.24) is 9.97 Å². The molecule has 7 nitrogen and oxygen atoms in total. The van der Waals surface area contributed by atoms with Crippen molar-refractivity contribution < 1.29 is 14.3 Å². The second-order valence-corrected chi connectivity index (χ2v) is 6.33. The van der Waals surface area contributed by atoms with E-state index in [0.717, 1.165) is 11.3 Å². The molecule has 0 aliphatic carbocycles. The minimum Gasteiger partial charge on any atom is -0.497 e. The van der Waals surface area contributed by atoms with Crippen LogP contribution >= 0.6 is 11.6 Å². The minimum absolute atomic E-state index is 0.203. The van der Waals surface area contributed by atoms with Gasteiger partial charge in [0.15, 0.2) is 0 Å². The van der Waals surface area contributed by atoms with Crippen LogP contribution in [-0.4, -0.2) is 30.1 Å². The second kappa shape index (κ2) is 8.58. The zero-order chi connectivity index (χ0) is 20.1. The van der Waals surface area contributed by atoms with E-state index in [2.05, 4.69) is 20.6 Å². The van der Waals surface area contributed by atoms with Crippen molar-refractivity contribution in [3.8, 4) is 11.5 Å². The Morgan fingerprint density at radius 2 is 1.82 bits per heavy atom. The second-order valence-electron chi connectivity index (χ2n) is 5.89. The van der Waals surface area contributed by atoms with E-state index in [1.54, 1.807) is 37.4 Å². The number of hydrogen-bond acceptors (Lipinski definition) is 6. The number of nitrogens with zero attached hydrogens (tertiary/aromatic N) is 2. The van der Waals surface area contributed by atoms with Gasteiger partial charge in [-0.1, -0.05) is 11.6 Å². The molecule has 8 heteroatoms. The highest BCUT2D eigenvalue weighted by molar-refractivity contribution is 6.30. The summed E-state index contributed by atoms with van der Waals surface area (Å²) in [4.78, 5) is 20.9. The Balaban J connectivity index is 1.81. The van der Waals surface area contributed by atoms with Gasteiger partial charge >= 0.3 is 0 Å². The molecule has 3 rings (SSSR count). The molecule has 0 aliphatic heterocycles. The third-order valence-corrected chi connectivity index (χ3v) is 4.24. The van der Waals surface area contributed by atoms with Crippen molar-refractivity contribution in [2.24, 2.45) is 0 Å². The number of rotatable bonds is 6. The molecule has 2 N–H and O–H groups in total. The van der Waals surface area contributed by atoms with Gasteiger partial charge < -0.3 is 20.1 Å². The predicted molar refractivity (Wildman–Crippen MR) is 109 cm³/mol. The summed E-state index contributed by atoms with van der Waals surface area (Å²) < 4.78 is 10.5. The summed E-state index contributed by atoms with van der Waals surface area (Å²) in [7, 11) is 3.08. The number of halogens is 1. The molecule has 0 atom stereocenters. The third-order valence-electron chi connectivity index (χ3n) is 4.01. The van der Waals surface area contributed by atoms with E-state index in [9.17, 15) is 4.79 Å². The van der Waals surface area contributed by atoms with E-state index in [1.807, 2.05) is 19.1 Å². The van der Waals surface area contributed by atoms with Crippen LogP contribution in [0.3, 0.4) is 0 Å². The van der Waals surface area contributed by atoms with Crippen molar-refractivity contribution in [3.05, 3.63) is 65.1 Å². The number of aromatic nitrogens is 2. The lowest BCUT2D eigenvalue weighted by atomic mass is 10.2. The van der Waals surface area contributed by atoms with Crippen molar-refractivity contribution in [1.29, 1.82) is 0 Å².